The summed E-state index contributed by atoms with van der Waals surface area (Å²) in [4.78, 5) is 11.9. The van der Waals surface area contributed by atoms with Gasteiger partial charge >= 0.3 is 0 Å². The second-order valence-corrected chi connectivity index (χ2v) is 6.86. The van der Waals surface area contributed by atoms with Crippen molar-refractivity contribution in [1.29, 1.82) is 0 Å². The molecule has 0 fully saturated rings. The summed E-state index contributed by atoms with van der Waals surface area (Å²) in [6.45, 7) is 2.52. The average molecular weight is 392 g/mol. The first kappa shape index (κ1) is 18.6. The van der Waals surface area contributed by atoms with Crippen molar-refractivity contribution in [2.24, 2.45) is 5.84 Å². The average Bonchev–Trinajstić information content (AvgIpc) is 2.89. The molecule has 0 aliphatic rings. The van der Waals surface area contributed by atoms with E-state index in [1.165, 1.54) is 0 Å². The summed E-state index contributed by atoms with van der Waals surface area (Å²) >= 11 is 12.5. The molecule has 0 radical (unpaired) electrons. The smallest absolute Gasteiger partial charge is 0.238 e. The van der Waals surface area contributed by atoms with Gasteiger partial charge in [-0.05, 0) is 54.4 Å². The minimum atomic E-state index is -0.254. The van der Waals surface area contributed by atoms with E-state index in [-0.39, 0.29) is 12.3 Å². The molecule has 0 unspecified atom stereocenters. The summed E-state index contributed by atoms with van der Waals surface area (Å²) in [5, 5.41) is 2.22. The maximum atomic E-state index is 11.9. The fraction of sp³-hybridized carbons (Fsp3) is 0.211. The highest BCUT2D eigenvalue weighted by Gasteiger charge is 2.18. The van der Waals surface area contributed by atoms with E-state index in [0.29, 0.717) is 16.6 Å². The molecule has 3 rings (SSSR count). The number of nitrogens with two attached hydrogens (primary N) is 1. The zero-order chi connectivity index (χ0) is 18.8. The molecule has 2 aromatic carbocycles. The van der Waals surface area contributed by atoms with Crippen molar-refractivity contribution in [3.63, 3.8) is 0 Å². The van der Waals surface area contributed by atoms with Gasteiger partial charge in [0.1, 0.15) is 5.75 Å². The Hall–Kier alpha value is -2.21. The number of hydrogen-bond donors (Lipinski definition) is 2. The monoisotopic (exact) mass is 391 g/mol. The van der Waals surface area contributed by atoms with Crippen LogP contribution in [-0.4, -0.2) is 17.6 Å². The van der Waals surface area contributed by atoms with E-state index in [0.717, 1.165) is 33.5 Å². The molecule has 26 heavy (non-hydrogen) atoms. The summed E-state index contributed by atoms with van der Waals surface area (Å²) < 4.78 is 7.45. The van der Waals surface area contributed by atoms with Crippen LogP contribution in [0.3, 0.4) is 0 Å². The summed E-state index contributed by atoms with van der Waals surface area (Å²) in [5.41, 5.74) is 5.95. The van der Waals surface area contributed by atoms with Gasteiger partial charge in [-0.3, -0.25) is 10.2 Å². The number of nitrogens with zero attached hydrogens (tertiary/aromatic N) is 1. The van der Waals surface area contributed by atoms with Gasteiger partial charge in [0.05, 0.1) is 13.5 Å². The molecule has 0 aliphatic heterocycles. The fourth-order valence-corrected chi connectivity index (χ4v) is 3.50. The van der Waals surface area contributed by atoms with Crippen LogP contribution < -0.4 is 16.0 Å². The van der Waals surface area contributed by atoms with Crippen molar-refractivity contribution in [2.75, 3.05) is 7.11 Å². The Kier molecular flexibility index (Phi) is 5.41. The maximum Gasteiger partial charge on any atom is 0.238 e. The molecule has 0 aliphatic carbocycles. The molecule has 0 saturated heterocycles. The molecule has 1 heterocycles. The molecule has 0 spiro atoms. The van der Waals surface area contributed by atoms with E-state index in [2.05, 4.69) is 9.99 Å². The van der Waals surface area contributed by atoms with Gasteiger partial charge in [0.25, 0.3) is 0 Å². The second kappa shape index (κ2) is 7.58. The minimum Gasteiger partial charge on any atom is -0.497 e. The van der Waals surface area contributed by atoms with Gasteiger partial charge in [-0.2, -0.15) is 0 Å². The second-order valence-electron chi connectivity index (χ2n) is 6.01. The number of benzene rings is 2. The van der Waals surface area contributed by atoms with Gasteiger partial charge in [-0.15, -0.1) is 0 Å². The molecular formula is C19H19Cl2N3O2. The van der Waals surface area contributed by atoms with E-state index in [4.69, 9.17) is 33.8 Å². The predicted molar refractivity (Wildman–Crippen MR) is 105 cm³/mol. The van der Waals surface area contributed by atoms with Gasteiger partial charge in [0.2, 0.25) is 5.91 Å². The van der Waals surface area contributed by atoms with E-state index >= 15 is 0 Å². The first-order valence-electron chi connectivity index (χ1n) is 8.03. The highest BCUT2D eigenvalue weighted by molar-refractivity contribution is 6.33. The molecule has 3 N–H and O–H groups in total. The number of methoxy groups -OCH3 is 1. The normalized spacial score (nSPS) is 11.0. The molecule has 0 atom stereocenters. The number of carbonyl (C=O) groups is 1. The van der Waals surface area contributed by atoms with Gasteiger partial charge in [0, 0.05) is 33.2 Å². The lowest BCUT2D eigenvalue weighted by atomic mass is 10.1. The molecule has 0 saturated carbocycles. The quantitative estimate of drug-likeness (QED) is 0.394. The Morgan fingerprint density at radius 2 is 2.00 bits per heavy atom. The first-order chi connectivity index (χ1) is 12.4. The third-order valence-corrected chi connectivity index (χ3v) is 5.10. The number of halogens is 2. The summed E-state index contributed by atoms with van der Waals surface area (Å²) in [6, 6.07) is 11.2. The van der Waals surface area contributed by atoms with Gasteiger partial charge in [0.15, 0.2) is 0 Å². The van der Waals surface area contributed by atoms with E-state index < -0.39 is 0 Å². The van der Waals surface area contributed by atoms with Crippen LogP contribution in [0.2, 0.25) is 10.0 Å². The molecule has 3 aromatic rings. The summed E-state index contributed by atoms with van der Waals surface area (Å²) in [7, 11) is 1.61. The molecule has 1 amide bonds. The number of rotatable bonds is 5. The Morgan fingerprint density at radius 1 is 1.23 bits per heavy atom. The van der Waals surface area contributed by atoms with Crippen molar-refractivity contribution >= 4 is 40.0 Å². The standard InChI is InChI=1S/C19H19Cl2N3O2/c1-11-15(9-19(25)23-22)16-8-14(26-2)4-6-18(16)24(11)10-12-7-13(20)3-5-17(12)21/h3-8H,9-10,22H2,1-2H3,(H,23,25). The maximum absolute atomic E-state index is 11.9. The predicted octanol–water partition coefficient (Wildman–Crippen LogP) is 3.85. The Labute approximate surface area is 161 Å². The number of ether oxygens (including phenoxy) is 1. The van der Waals surface area contributed by atoms with Crippen molar-refractivity contribution in [1.82, 2.24) is 9.99 Å². The van der Waals surface area contributed by atoms with Crippen molar-refractivity contribution in [3.8, 4) is 5.75 Å². The number of amides is 1. The number of hydrogen-bond acceptors (Lipinski definition) is 3. The summed E-state index contributed by atoms with van der Waals surface area (Å²) in [6.07, 6.45) is 0.183. The Balaban J connectivity index is 2.16. The van der Waals surface area contributed by atoms with Crippen molar-refractivity contribution < 1.29 is 9.53 Å². The van der Waals surface area contributed by atoms with Crippen molar-refractivity contribution in [2.45, 2.75) is 19.9 Å². The van der Waals surface area contributed by atoms with Crippen LogP contribution in [0.5, 0.6) is 5.75 Å². The lowest BCUT2D eigenvalue weighted by molar-refractivity contribution is -0.120. The topological polar surface area (TPSA) is 69.3 Å². The SMILES string of the molecule is COc1ccc2c(c1)c(CC(=O)NN)c(C)n2Cc1cc(Cl)ccc1Cl. The Morgan fingerprint density at radius 3 is 2.69 bits per heavy atom. The lowest BCUT2D eigenvalue weighted by Gasteiger charge is -2.11. The van der Waals surface area contributed by atoms with Crippen LogP contribution in [0.1, 0.15) is 16.8 Å². The first-order valence-corrected chi connectivity index (χ1v) is 8.79. The number of nitrogens with one attached hydrogen (secondary N) is 1. The van der Waals surface area contributed by atoms with E-state index in [9.17, 15) is 4.79 Å². The minimum absolute atomic E-state index is 0.183. The van der Waals surface area contributed by atoms with Crippen molar-refractivity contribution in [3.05, 3.63) is 63.3 Å². The van der Waals surface area contributed by atoms with Crippen LogP contribution >= 0.6 is 23.2 Å². The number of fused-ring (bicyclic) bond motifs is 1. The Bertz CT molecular complexity index is 983. The van der Waals surface area contributed by atoms with Crippen LogP contribution in [-0.2, 0) is 17.8 Å². The number of hydrazine groups is 1. The molecular weight excluding hydrogens is 373 g/mol. The zero-order valence-corrected chi connectivity index (χ0v) is 16.0. The van der Waals surface area contributed by atoms with E-state index in [1.54, 1.807) is 19.2 Å². The summed E-state index contributed by atoms with van der Waals surface area (Å²) in [5.74, 6) is 5.75. The highest BCUT2D eigenvalue weighted by Crippen LogP contribution is 2.32. The molecule has 7 heteroatoms. The number of aromatic nitrogens is 1. The number of carbonyl (C=O) groups excluding carboxylic acids is 1. The highest BCUT2D eigenvalue weighted by atomic mass is 35.5. The lowest BCUT2D eigenvalue weighted by Crippen LogP contribution is -2.31. The zero-order valence-electron chi connectivity index (χ0n) is 14.5. The molecule has 1 aromatic heterocycles. The van der Waals surface area contributed by atoms with Gasteiger partial charge < -0.3 is 9.30 Å². The fourth-order valence-electron chi connectivity index (χ4n) is 3.13. The van der Waals surface area contributed by atoms with Gasteiger partial charge in [-0.25, -0.2) is 5.84 Å². The van der Waals surface area contributed by atoms with E-state index in [1.807, 2.05) is 31.2 Å². The van der Waals surface area contributed by atoms with Crippen LogP contribution in [0.15, 0.2) is 36.4 Å². The molecule has 0 bridgehead atoms. The molecule has 136 valence electrons. The van der Waals surface area contributed by atoms with Crippen LogP contribution in [0, 0.1) is 6.92 Å². The third-order valence-electron chi connectivity index (χ3n) is 4.50. The molecule has 5 nitrogen and oxygen atoms in total. The van der Waals surface area contributed by atoms with Gasteiger partial charge in [-0.1, -0.05) is 23.2 Å². The largest absolute Gasteiger partial charge is 0.497 e. The van der Waals surface area contributed by atoms with Crippen LogP contribution in [0.25, 0.3) is 10.9 Å². The third kappa shape index (κ3) is 3.51. The van der Waals surface area contributed by atoms with Crippen LogP contribution in [0.4, 0.5) is 0 Å².